The SMILES string of the molecule is CCOC(=O)C(Cl)C(C)Cl. The molecule has 0 aliphatic heterocycles. The molecule has 0 saturated carbocycles. The summed E-state index contributed by atoms with van der Waals surface area (Å²) in [6.45, 7) is 3.71. The van der Waals surface area contributed by atoms with E-state index >= 15 is 0 Å². The van der Waals surface area contributed by atoms with Crippen LogP contribution in [0.2, 0.25) is 0 Å². The van der Waals surface area contributed by atoms with Crippen molar-refractivity contribution in [3.63, 3.8) is 0 Å². The lowest BCUT2D eigenvalue weighted by atomic mass is 10.3. The lowest BCUT2D eigenvalue weighted by Gasteiger charge is -2.09. The fourth-order valence-electron chi connectivity index (χ4n) is 0.409. The topological polar surface area (TPSA) is 26.3 Å². The molecular weight excluding hydrogens is 175 g/mol. The molecule has 0 aliphatic carbocycles. The van der Waals surface area contributed by atoms with Crippen molar-refractivity contribution in [1.29, 1.82) is 0 Å². The molecule has 0 amide bonds. The molecule has 0 bridgehead atoms. The molecule has 0 aliphatic rings. The Bertz CT molecular complexity index is 114. The summed E-state index contributed by atoms with van der Waals surface area (Å²) in [5.41, 5.74) is 0. The highest BCUT2D eigenvalue weighted by Crippen LogP contribution is 2.10. The van der Waals surface area contributed by atoms with Gasteiger partial charge in [0.1, 0.15) is 5.38 Å². The Morgan fingerprint density at radius 3 is 2.40 bits per heavy atom. The Morgan fingerprint density at radius 1 is 1.60 bits per heavy atom. The molecule has 0 N–H and O–H groups in total. The van der Waals surface area contributed by atoms with Gasteiger partial charge in [-0.2, -0.15) is 0 Å². The second-order valence-corrected chi connectivity index (χ2v) is 2.99. The fourth-order valence-corrected chi connectivity index (χ4v) is 0.575. The molecule has 0 aromatic rings. The van der Waals surface area contributed by atoms with Crippen LogP contribution in [0.3, 0.4) is 0 Å². The van der Waals surface area contributed by atoms with Gasteiger partial charge in [-0.1, -0.05) is 0 Å². The largest absolute Gasteiger partial charge is 0.465 e. The predicted molar refractivity (Wildman–Crippen MR) is 41.6 cm³/mol. The summed E-state index contributed by atoms with van der Waals surface area (Å²) in [5.74, 6) is -0.452. The van der Waals surface area contributed by atoms with Crippen LogP contribution in [0.1, 0.15) is 13.8 Å². The lowest BCUT2D eigenvalue weighted by Crippen LogP contribution is -2.24. The minimum Gasteiger partial charge on any atom is -0.465 e. The van der Waals surface area contributed by atoms with Gasteiger partial charge in [-0.25, -0.2) is 0 Å². The van der Waals surface area contributed by atoms with Crippen LogP contribution in [0, 0.1) is 0 Å². The van der Waals surface area contributed by atoms with Gasteiger partial charge in [0, 0.05) is 0 Å². The molecule has 10 heavy (non-hydrogen) atoms. The summed E-state index contributed by atoms with van der Waals surface area (Å²) >= 11 is 11.1. The van der Waals surface area contributed by atoms with Crippen LogP contribution in [0.25, 0.3) is 0 Å². The average molecular weight is 185 g/mol. The number of ether oxygens (including phenoxy) is 1. The third-order valence-corrected chi connectivity index (χ3v) is 1.85. The number of rotatable bonds is 3. The summed E-state index contributed by atoms with van der Waals surface area (Å²) in [7, 11) is 0. The van der Waals surface area contributed by atoms with Crippen molar-refractivity contribution in [2.24, 2.45) is 0 Å². The van der Waals surface area contributed by atoms with E-state index in [0.717, 1.165) is 0 Å². The molecule has 0 aromatic heterocycles. The first-order chi connectivity index (χ1) is 4.59. The first-order valence-electron chi connectivity index (χ1n) is 3.04. The third kappa shape index (κ3) is 3.28. The summed E-state index contributed by atoms with van der Waals surface area (Å²) in [6, 6.07) is 0. The van der Waals surface area contributed by atoms with Crippen LogP contribution >= 0.6 is 23.2 Å². The Kier molecular flexibility index (Phi) is 4.83. The number of halogens is 2. The zero-order valence-corrected chi connectivity index (χ0v) is 7.45. The first-order valence-corrected chi connectivity index (χ1v) is 3.91. The van der Waals surface area contributed by atoms with Crippen molar-refractivity contribution in [2.75, 3.05) is 6.61 Å². The van der Waals surface area contributed by atoms with Crippen LogP contribution in [0.5, 0.6) is 0 Å². The summed E-state index contributed by atoms with van der Waals surface area (Å²) in [6.07, 6.45) is 0. The van der Waals surface area contributed by atoms with Gasteiger partial charge in [0.15, 0.2) is 0 Å². The van der Waals surface area contributed by atoms with Gasteiger partial charge in [0.05, 0.1) is 12.0 Å². The van der Waals surface area contributed by atoms with Crippen molar-refractivity contribution < 1.29 is 9.53 Å². The maximum atomic E-state index is 10.7. The average Bonchev–Trinajstić information content (AvgIpc) is 1.87. The summed E-state index contributed by atoms with van der Waals surface area (Å²) in [4.78, 5) is 10.7. The number of hydrogen-bond donors (Lipinski definition) is 0. The molecule has 2 unspecified atom stereocenters. The van der Waals surface area contributed by atoms with Gasteiger partial charge in [-0.3, -0.25) is 4.79 Å². The van der Waals surface area contributed by atoms with Crippen molar-refractivity contribution in [1.82, 2.24) is 0 Å². The fraction of sp³-hybridized carbons (Fsp3) is 0.833. The van der Waals surface area contributed by atoms with E-state index in [2.05, 4.69) is 4.74 Å². The van der Waals surface area contributed by atoms with E-state index in [1.54, 1.807) is 13.8 Å². The second kappa shape index (κ2) is 4.80. The minimum atomic E-state index is -0.735. The Labute approximate surface area is 70.4 Å². The van der Waals surface area contributed by atoms with E-state index in [1.165, 1.54) is 0 Å². The highest BCUT2D eigenvalue weighted by Gasteiger charge is 2.21. The third-order valence-electron chi connectivity index (χ3n) is 0.915. The zero-order valence-electron chi connectivity index (χ0n) is 5.93. The first kappa shape index (κ1) is 10.0. The highest BCUT2D eigenvalue weighted by atomic mass is 35.5. The van der Waals surface area contributed by atoms with Gasteiger partial charge in [0.25, 0.3) is 0 Å². The molecular formula is C6H10Cl2O2. The Hall–Kier alpha value is 0.0500. The highest BCUT2D eigenvalue weighted by molar-refractivity contribution is 6.36. The van der Waals surface area contributed by atoms with E-state index in [-0.39, 0.29) is 5.38 Å². The molecule has 0 heterocycles. The number of hydrogen-bond acceptors (Lipinski definition) is 2. The van der Waals surface area contributed by atoms with Gasteiger partial charge < -0.3 is 4.74 Å². The molecule has 2 atom stereocenters. The quantitative estimate of drug-likeness (QED) is 0.494. The van der Waals surface area contributed by atoms with E-state index in [1.807, 2.05) is 0 Å². The molecule has 60 valence electrons. The van der Waals surface area contributed by atoms with E-state index < -0.39 is 11.3 Å². The van der Waals surface area contributed by atoms with Crippen molar-refractivity contribution >= 4 is 29.2 Å². The van der Waals surface area contributed by atoms with Gasteiger partial charge in [-0.15, -0.1) is 23.2 Å². The maximum Gasteiger partial charge on any atom is 0.325 e. The number of carbonyl (C=O) groups excluding carboxylic acids is 1. The van der Waals surface area contributed by atoms with Crippen LogP contribution in [-0.4, -0.2) is 23.3 Å². The van der Waals surface area contributed by atoms with Crippen LogP contribution in [0.15, 0.2) is 0 Å². The van der Waals surface area contributed by atoms with Crippen LogP contribution < -0.4 is 0 Å². The standard InChI is InChI=1S/C6H10Cl2O2/c1-3-10-6(9)5(8)4(2)7/h4-5H,3H2,1-2H3. The molecule has 0 aromatic carbocycles. The molecule has 0 fully saturated rings. The number of carbonyl (C=O) groups is 1. The molecule has 0 rings (SSSR count). The number of esters is 1. The van der Waals surface area contributed by atoms with Gasteiger partial charge in [0.2, 0.25) is 0 Å². The lowest BCUT2D eigenvalue weighted by molar-refractivity contribution is -0.142. The van der Waals surface area contributed by atoms with Crippen molar-refractivity contribution in [2.45, 2.75) is 24.6 Å². The van der Waals surface area contributed by atoms with Crippen LogP contribution in [0.4, 0.5) is 0 Å². The maximum absolute atomic E-state index is 10.7. The van der Waals surface area contributed by atoms with Gasteiger partial charge >= 0.3 is 5.97 Å². The smallest absolute Gasteiger partial charge is 0.325 e. The molecule has 4 heteroatoms. The molecule has 0 radical (unpaired) electrons. The molecule has 2 nitrogen and oxygen atoms in total. The Morgan fingerprint density at radius 2 is 2.10 bits per heavy atom. The minimum absolute atomic E-state index is 0.339. The molecule has 0 saturated heterocycles. The van der Waals surface area contributed by atoms with Crippen molar-refractivity contribution in [3.8, 4) is 0 Å². The van der Waals surface area contributed by atoms with E-state index in [4.69, 9.17) is 23.2 Å². The van der Waals surface area contributed by atoms with E-state index in [0.29, 0.717) is 6.61 Å². The predicted octanol–water partition coefficient (Wildman–Crippen LogP) is 1.78. The van der Waals surface area contributed by atoms with Crippen LogP contribution in [-0.2, 0) is 9.53 Å². The Balaban J connectivity index is 3.71. The normalized spacial score (nSPS) is 16.0. The summed E-state index contributed by atoms with van der Waals surface area (Å²) in [5, 5.41) is -1.12. The van der Waals surface area contributed by atoms with E-state index in [9.17, 15) is 4.79 Å². The van der Waals surface area contributed by atoms with Crippen molar-refractivity contribution in [3.05, 3.63) is 0 Å². The summed E-state index contributed by atoms with van der Waals surface area (Å²) < 4.78 is 4.61. The van der Waals surface area contributed by atoms with Gasteiger partial charge in [-0.05, 0) is 13.8 Å². The number of alkyl halides is 2. The zero-order chi connectivity index (χ0) is 8.15. The monoisotopic (exact) mass is 184 g/mol. The second-order valence-electron chi connectivity index (χ2n) is 1.83. The molecule has 0 spiro atoms.